The van der Waals surface area contributed by atoms with Crippen molar-refractivity contribution in [3.8, 4) is 0 Å². The van der Waals surface area contributed by atoms with Gasteiger partial charge in [0.15, 0.2) is 0 Å². The third-order valence-electron chi connectivity index (χ3n) is 15.6. The second kappa shape index (κ2) is 11.8. The van der Waals surface area contributed by atoms with Crippen molar-refractivity contribution in [2.24, 2.45) is 49.2 Å². The van der Waals surface area contributed by atoms with Gasteiger partial charge in [-0.2, -0.15) is 39.5 Å². The van der Waals surface area contributed by atoms with Gasteiger partial charge in [-0.3, -0.25) is 0 Å². The molecule has 0 spiro atoms. The summed E-state index contributed by atoms with van der Waals surface area (Å²) in [6.45, 7) is 12.1. The molecular formula is C39H57F13N2. The van der Waals surface area contributed by atoms with E-state index in [1.807, 2.05) is 6.92 Å². The van der Waals surface area contributed by atoms with Gasteiger partial charge >= 0.3 is 18.5 Å². The van der Waals surface area contributed by atoms with E-state index in [1.54, 1.807) is 7.05 Å². The lowest BCUT2D eigenvalue weighted by Crippen LogP contribution is -2.78. The predicted octanol–water partition coefficient (Wildman–Crippen LogP) is 12.4. The highest BCUT2D eigenvalue weighted by molar-refractivity contribution is 5.26. The quantitative estimate of drug-likeness (QED) is 0.262. The second-order valence-electron chi connectivity index (χ2n) is 21.8. The van der Waals surface area contributed by atoms with Crippen molar-refractivity contribution in [1.29, 1.82) is 0 Å². The van der Waals surface area contributed by atoms with Crippen LogP contribution in [0.3, 0.4) is 0 Å². The van der Waals surface area contributed by atoms with Crippen molar-refractivity contribution in [2.75, 3.05) is 13.6 Å². The van der Waals surface area contributed by atoms with Crippen LogP contribution in [0.5, 0.6) is 0 Å². The van der Waals surface area contributed by atoms with E-state index < -0.39 is 58.0 Å². The van der Waals surface area contributed by atoms with Crippen LogP contribution in [0.25, 0.3) is 0 Å². The fraction of sp³-hybridized carbons (Fsp3) is 1.00. The molecule has 10 bridgehead atoms. The molecule has 15 heteroatoms. The SMILES string of the molecule is CC(C)CNC12CC(C(F)(F)F)(C1)C2.CC12CC(C(C)(F)F)(C1)C2.CC12CC(C(F)(F)F)(C1)C2.CC12CC(C(F)F)(C1)C2.CNC12CC(C(F)(F)F)(C1)C2. The molecule has 54 heavy (non-hydrogen) atoms. The molecule has 0 aromatic carbocycles. The summed E-state index contributed by atoms with van der Waals surface area (Å²) in [7, 11) is 1.74. The Morgan fingerprint density at radius 2 is 0.778 bits per heavy atom. The summed E-state index contributed by atoms with van der Waals surface area (Å²) >= 11 is 0. The highest BCUT2D eigenvalue weighted by Gasteiger charge is 2.79. The van der Waals surface area contributed by atoms with Gasteiger partial charge in [0.2, 0.25) is 6.43 Å². The molecule has 15 rings (SSSR count). The van der Waals surface area contributed by atoms with Gasteiger partial charge in [0.05, 0.1) is 16.2 Å². The zero-order chi connectivity index (χ0) is 40.9. The van der Waals surface area contributed by atoms with Crippen LogP contribution >= 0.6 is 0 Å². The first-order valence-corrected chi connectivity index (χ1v) is 19.3. The van der Waals surface area contributed by atoms with E-state index in [0.717, 1.165) is 52.0 Å². The maximum atomic E-state index is 12.8. The summed E-state index contributed by atoms with van der Waals surface area (Å²) in [5.74, 6) is -1.92. The minimum atomic E-state index is -3.98. The fourth-order valence-corrected chi connectivity index (χ4v) is 13.0. The number of nitrogens with one attached hydrogen (secondary N) is 2. The van der Waals surface area contributed by atoms with Crippen LogP contribution in [0.15, 0.2) is 0 Å². The molecule has 0 saturated heterocycles. The Morgan fingerprint density at radius 1 is 0.481 bits per heavy atom. The van der Waals surface area contributed by atoms with Gasteiger partial charge in [-0.1, -0.05) is 34.6 Å². The molecule has 314 valence electrons. The Kier molecular flexibility index (Phi) is 9.33. The minimum absolute atomic E-state index is 0.0650. The van der Waals surface area contributed by atoms with Gasteiger partial charge in [-0.25, -0.2) is 17.6 Å². The van der Waals surface area contributed by atoms with E-state index >= 15 is 0 Å². The molecule has 0 unspecified atom stereocenters. The van der Waals surface area contributed by atoms with Gasteiger partial charge in [-0.15, -0.1) is 0 Å². The molecular weight excluding hydrogens is 743 g/mol. The number of alkyl halides is 13. The third-order valence-corrected chi connectivity index (χ3v) is 15.6. The van der Waals surface area contributed by atoms with Crippen molar-refractivity contribution in [3.63, 3.8) is 0 Å². The van der Waals surface area contributed by atoms with Crippen molar-refractivity contribution in [1.82, 2.24) is 10.6 Å². The van der Waals surface area contributed by atoms with Crippen LogP contribution in [0.1, 0.15) is 138 Å². The number of hydrogen-bond acceptors (Lipinski definition) is 2. The Balaban J connectivity index is 0.000000116. The van der Waals surface area contributed by atoms with Gasteiger partial charge in [-0.05, 0) is 139 Å². The van der Waals surface area contributed by atoms with Crippen molar-refractivity contribution < 1.29 is 57.1 Å². The molecule has 0 amide bonds. The summed E-state index contributed by atoms with van der Waals surface area (Å²) in [6.07, 6.45) is -6.42. The summed E-state index contributed by atoms with van der Waals surface area (Å²) in [5, 5.41) is 6.20. The molecule has 15 saturated carbocycles. The average Bonchev–Trinajstić information content (AvgIpc) is 2.76. The van der Waals surface area contributed by atoms with Crippen LogP contribution in [0, 0.1) is 49.2 Å². The first-order valence-electron chi connectivity index (χ1n) is 19.3. The molecule has 0 atom stereocenters. The van der Waals surface area contributed by atoms with Crippen LogP contribution in [0.4, 0.5) is 57.1 Å². The number of halogens is 13. The highest BCUT2D eigenvalue weighted by atomic mass is 19.4. The van der Waals surface area contributed by atoms with E-state index in [4.69, 9.17) is 0 Å². The van der Waals surface area contributed by atoms with Crippen LogP contribution in [-0.2, 0) is 0 Å². The van der Waals surface area contributed by atoms with Crippen LogP contribution in [-0.4, -0.2) is 55.5 Å². The maximum absolute atomic E-state index is 12.8. The molecule has 0 aromatic heterocycles. The largest absolute Gasteiger partial charge is 0.394 e. The Bertz CT molecular complexity index is 1310. The molecule has 2 N–H and O–H groups in total. The molecule has 0 aromatic rings. The van der Waals surface area contributed by atoms with Crippen molar-refractivity contribution in [3.05, 3.63) is 0 Å². The summed E-state index contributed by atoms with van der Waals surface area (Å²) in [5.41, 5.74) is -4.51. The fourth-order valence-electron chi connectivity index (χ4n) is 13.0. The molecule has 2 nitrogen and oxygen atoms in total. The van der Waals surface area contributed by atoms with Crippen LogP contribution < -0.4 is 10.6 Å². The van der Waals surface area contributed by atoms with Gasteiger partial charge in [0, 0.05) is 21.9 Å². The maximum Gasteiger partial charge on any atom is 0.394 e. The number of hydrogen-bond donors (Lipinski definition) is 2. The van der Waals surface area contributed by atoms with E-state index in [-0.39, 0.29) is 16.5 Å². The van der Waals surface area contributed by atoms with E-state index in [1.165, 1.54) is 0 Å². The second-order valence-corrected chi connectivity index (χ2v) is 21.8. The monoisotopic (exact) mass is 800 g/mol. The molecule has 15 aliphatic rings. The molecule has 0 radical (unpaired) electrons. The smallest absolute Gasteiger partial charge is 0.314 e. The molecule has 15 fully saturated rings. The molecule has 0 aliphatic heterocycles. The summed E-state index contributed by atoms with van der Waals surface area (Å²) in [4.78, 5) is 0. The summed E-state index contributed by atoms with van der Waals surface area (Å²) in [6, 6.07) is 0. The van der Waals surface area contributed by atoms with Gasteiger partial charge in [0.1, 0.15) is 0 Å². The third kappa shape index (κ3) is 6.51. The normalized spacial score (nSPS) is 48.6. The zero-order valence-electron chi connectivity index (χ0n) is 32.4. The van der Waals surface area contributed by atoms with Crippen molar-refractivity contribution >= 4 is 0 Å². The first kappa shape index (κ1) is 42.6. The lowest BCUT2D eigenvalue weighted by atomic mass is 9.34. The zero-order valence-corrected chi connectivity index (χ0v) is 32.4. The standard InChI is InChI=1S/C10H16F3N.C8H12F2.C7H10F3N.C7H9F3.C7H10F2/c1-7(2)3-14-9-4-8(5-9,6-9)10(11,12)13;1-6-3-8(4-6,5-6)7(2,9)10;1-11-6-2-5(3-6,4-6)7(8,9)10;1-5-2-6(3-5,4-5)7(8,9)10;1-6-2-7(3-6,4-6)5(8)9/h7,14H,3-6H2,1-2H3;3-5H2,1-2H3;11H,2-4H2,1H3;2-4H2,1H3;5H,2-4H2,1H3. The predicted molar refractivity (Wildman–Crippen MR) is 178 cm³/mol. The molecule has 0 heterocycles. The Labute approximate surface area is 310 Å². The van der Waals surface area contributed by atoms with E-state index in [9.17, 15) is 57.1 Å². The lowest BCUT2D eigenvalue weighted by molar-refractivity contribution is -0.358. The van der Waals surface area contributed by atoms with Gasteiger partial charge < -0.3 is 10.6 Å². The Morgan fingerprint density at radius 3 is 0.963 bits per heavy atom. The summed E-state index contributed by atoms with van der Waals surface area (Å²) < 4.78 is 160. The minimum Gasteiger partial charge on any atom is -0.314 e. The van der Waals surface area contributed by atoms with Gasteiger partial charge in [0.25, 0.3) is 5.92 Å². The van der Waals surface area contributed by atoms with E-state index in [0.29, 0.717) is 74.5 Å². The molecule has 15 aliphatic carbocycles. The van der Waals surface area contributed by atoms with Crippen LogP contribution in [0.2, 0.25) is 0 Å². The Hall–Kier alpha value is -0.990. The van der Waals surface area contributed by atoms with E-state index in [2.05, 4.69) is 38.3 Å². The lowest BCUT2D eigenvalue weighted by Gasteiger charge is -2.71. The first-order chi connectivity index (χ1) is 24.0. The van der Waals surface area contributed by atoms with Crippen molar-refractivity contribution in [2.45, 2.75) is 180 Å². The highest BCUT2D eigenvalue weighted by Crippen LogP contribution is 2.79. The topological polar surface area (TPSA) is 24.1 Å². The average molecular weight is 801 g/mol. The number of rotatable bonds is 6.